The summed E-state index contributed by atoms with van der Waals surface area (Å²) < 4.78 is 31.5. The molecule has 0 unspecified atom stereocenters. The predicted octanol–water partition coefficient (Wildman–Crippen LogP) is 2.89. The van der Waals surface area contributed by atoms with E-state index in [2.05, 4.69) is 26.1 Å². The summed E-state index contributed by atoms with van der Waals surface area (Å²) in [5.41, 5.74) is 0.600. The highest BCUT2D eigenvalue weighted by Gasteiger charge is 2.61. The SMILES string of the molecule is COc1ccc(C(=O)N[C@H]2C[C@@H]3CC[C@@]2(C)C3(C)C)cc1S(=O)(=O)N(C)C. The van der Waals surface area contributed by atoms with Gasteiger partial charge in [0.15, 0.2) is 0 Å². The maximum absolute atomic E-state index is 12.9. The summed E-state index contributed by atoms with van der Waals surface area (Å²) in [6.45, 7) is 6.86. The molecule has 0 heterocycles. The molecular weight excluding hydrogens is 364 g/mol. The van der Waals surface area contributed by atoms with Gasteiger partial charge in [-0.15, -0.1) is 0 Å². The van der Waals surface area contributed by atoms with E-state index in [1.807, 2.05) is 0 Å². The molecule has 2 aliphatic carbocycles. The number of nitrogens with one attached hydrogen (secondary N) is 1. The zero-order chi connectivity index (χ0) is 20.2. The number of nitrogens with zero attached hydrogens (tertiary/aromatic N) is 1. The van der Waals surface area contributed by atoms with Crippen molar-refractivity contribution < 1.29 is 17.9 Å². The average Bonchev–Trinajstić information content (AvgIpc) is 2.94. The van der Waals surface area contributed by atoms with E-state index in [1.54, 1.807) is 6.07 Å². The molecule has 27 heavy (non-hydrogen) atoms. The van der Waals surface area contributed by atoms with Crippen molar-refractivity contribution in [2.45, 2.75) is 51.0 Å². The number of hydrogen-bond acceptors (Lipinski definition) is 4. The Morgan fingerprint density at radius 3 is 2.41 bits per heavy atom. The van der Waals surface area contributed by atoms with Gasteiger partial charge < -0.3 is 10.1 Å². The zero-order valence-electron chi connectivity index (χ0n) is 17.0. The third kappa shape index (κ3) is 2.95. The van der Waals surface area contributed by atoms with Gasteiger partial charge in [-0.05, 0) is 54.2 Å². The molecule has 7 heteroatoms. The molecule has 150 valence electrons. The molecule has 1 aromatic carbocycles. The maximum Gasteiger partial charge on any atom is 0.251 e. The molecule has 2 aliphatic rings. The molecule has 3 rings (SSSR count). The summed E-state index contributed by atoms with van der Waals surface area (Å²) in [5.74, 6) is 0.615. The van der Waals surface area contributed by atoms with E-state index in [4.69, 9.17) is 4.74 Å². The Morgan fingerprint density at radius 1 is 1.26 bits per heavy atom. The van der Waals surface area contributed by atoms with Crippen LogP contribution in [0, 0.1) is 16.7 Å². The van der Waals surface area contributed by atoms with Crippen LogP contribution in [-0.4, -0.2) is 45.9 Å². The number of hydrogen-bond donors (Lipinski definition) is 1. The average molecular weight is 395 g/mol. The van der Waals surface area contributed by atoms with Gasteiger partial charge >= 0.3 is 0 Å². The lowest BCUT2D eigenvalue weighted by atomic mass is 9.69. The van der Waals surface area contributed by atoms with Gasteiger partial charge in [-0.25, -0.2) is 12.7 Å². The van der Waals surface area contributed by atoms with Crippen LogP contribution in [0.3, 0.4) is 0 Å². The van der Waals surface area contributed by atoms with Gasteiger partial charge in [-0.2, -0.15) is 0 Å². The second-order valence-electron chi connectivity index (χ2n) is 8.79. The largest absolute Gasteiger partial charge is 0.495 e. The second kappa shape index (κ2) is 6.48. The fourth-order valence-corrected chi connectivity index (χ4v) is 5.95. The first-order chi connectivity index (χ1) is 12.4. The van der Waals surface area contributed by atoms with Crippen molar-refractivity contribution in [3.05, 3.63) is 23.8 Å². The zero-order valence-corrected chi connectivity index (χ0v) is 17.8. The number of carbonyl (C=O) groups excluding carboxylic acids is 1. The van der Waals surface area contributed by atoms with Gasteiger partial charge in [0.05, 0.1) is 7.11 Å². The Labute approximate surface area is 162 Å². The van der Waals surface area contributed by atoms with E-state index in [0.717, 1.165) is 17.1 Å². The molecule has 6 nitrogen and oxygen atoms in total. The van der Waals surface area contributed by atoms with Crippen LogP contribution in [0.1, 0.15) is 50.4 Å². The van der Waals surface area contributed by atoms with E-state index in [1.165, 1.54) is 39.8 Å². The molecule has 1 N–H and O–H groups in total. The highest BCUT2D eigenvalue weighted by Crippen LogP contribution is 2.65. The van der Waals surface area contributed by atoms with Gasteiger partial charge in [0.1, 0.15) is 10.6 Å². The number of sulfonamides is 1. The van der Waals surface area contributed by atoms with Gasteiger partial charge in [0, 0.05) is 25.7 Å². The first-order valence-corrected chi connectivity index (χ1v) is 10.8. The normalized spacial score (nSPS) is 29.1. The molecule has 2 bridgehead atoms. The lowest BCUT2D eigenvalue weighted by molar-refractivity contribution is 0.0826. The first kappa shape index (κ1) is 20.1. The van der Waals surface area contributed by atoms with Crippen LogP contribution >= 0.6 is 0 Å². The molecule has 0 spiro atoms. The van der Waals surface area contributed by atoms with Crippen LogP contribution in [0.4, 0.5) is 0 Å². The van der Waals surface area contributed by atoms with Crippen molar-refractivity contribution >= 4 is 15.9 Å². The molecule has 2 fully saturated rings. The van der Waals surface area contributed by atoms with Crippen molar-refractivity contribution in [2.75, 3.05) is 21.2 Å². The van der Waals surface area contributed by atoms with Gasteiger partial charge in [-0.1, -0.05) is 20.8 Å². The van der Waals surface area contributed by atoms with Crippen LogP contribution in [0.25, 0.3) is 0 Å². The fourth-order valence-electron chi connectivity index (χ4n) is 4.88. The van der Waals surface area contributed by atoms with Crippen LogP contribution in [0.5, 0.6) is 5.75 Å². The summed E-state index contributed by atoms with van der Waals surface area (Å²) in [6.07, 6.45) is 3.30. The van der Waals surface area contributed by atoms with Crippen molar-refractivity contribution in [1.29, 1.82) is 0 Å². The number of amides is 1. The minimum Gasteiger partial charge on any atom is -0.495 e. The molecule has 0 saturated heterocycles. The summed E-state index contributed by atoms with van der Waals surface area (Å²) >= 11 is 0. The van der Waals surface area contributed by atoms with E-state index in [9.17, 15) is 13.2 Å². The number of fused-ring (bicyclic) bond motifs is 2. The third-order valence-electron chi connectivity index (χ3n) is 7.28. The first-order valence-electron chi connectivity index (χ1n) is 9.36. The van der Waals surface area contributed by atoms with E-state index < -0.39 is 10.0 Å². The van der Waals surface area contributed by atoms with Crippen LogP contribution < -0.4 is 10.1 Å². The van der Waals surface area contributed by atoms with E-state index in [-0.39, 0.29) is 33.4 Å². The molecule has 3 atom stereocenters. The van der Waals surface area contributed by atoms with Gasteiger partial charge in [0.2, 0.25) is 10.0 Å². The smallest absolute Gasteiger partial charge is 0.251 e. The predicted molar refractivity (Wildman–Crippen MR) is 104 cm³/mol. The van der Waals surface area contributed by atoms with Crippen LogP contribution in [0.15, 0.2) is 23.1 Å². The molecule has 2 saturated carbocycles. The molecule has 1 aromatic rings. The number of rotatable bonds is 5. The number of ether oxygens (including phenoxy) is 1. The number of carbonyl (C=O) groups is 1. The monoisotopic (exact) mass is 394 g/mol. The summed E-state index contributed by atoms with van der Waals surface area (Å²) in [6, 6.07) is 4.67. The minimum absolute atomic E-state index is 0.00198. The number of methoxy groups -OCH3 is 1. The Balaban J connectivity index is 1.89. The van der Waals surface area contributed by atoms with Crippen molar-refractivity contribution in [2.24, 2.45) is 16.7 Å². The van der Waals surface area contributed by atoms with E-state index >= 15 is 0 Å². The molecule has 0 aliphatic heterocycles. The Bertz CT molecular complexity index is 863. The lowest BCUT2D eigenvalue weighted by Crippen LogP contribution is -2.46. The Morgan fingerprint density at radius 2 is 1.93 bits per heavy atom. The van der Waals surface area contributed by atoms with E-state index in [0.29, 0.717) is 11.5 Å². The third-order valence-corrected chi connectivity index (χ3v) is 9.12. The topological polar surface area (TPSA) is 75.7 Å². The molecule has 0 radical (unpaired) electrons. The van der Waals surface area contributed by atoms with Crippen molar-refractivity contribution in [3.8, 4) is 5.75 Å². The number of benzene rings is 1. The maximum atomic E-state index is 12.9. The van der Waals surface area contributed by atoms with Gasteiger partial charge in [0.25, 0.3) is 5.91 Å². The molecule has 0 aromatic heterocycles. The second-order valence-corrected chi connectivity index (χ2v) is 10.9. The quantitative estimate of drug-likeness (QED) is 0.833. The summed E-state index contributed by atoms with van der Waals surface area (Å²) in [5, 5.41) is 3.18. The highest BCUT2D eigenvalue weighted by atomic mass is 32.2. The summed E-state index contributed by atoms with van der Waals surface area (Å²) in [4.78, 5) is 12.9. The van der Waals surface area contributed by atoms with Crippen molar-refractivity contribution in [3.63, 3.8) is 0 Å². The minimum atomic E-state index is -3.71. The molecule has 1 amide bonds. The molecular formula is C20H30N2O4S. The lowest BCUT2D eigenvalue weighted by Gasteiger charge is -2.39. The summed E-state index contributed by atoms with van der Waals surface area (Å²) in [7, 11) is 0.621. The van der Waals surface area contributed by atoms with Gasteiger partial charge in [-0.3, -0.25) is 4.79 Å². The highest BCUT2D eigenvalue weighted by molar-refractivity contribution is 7.89. The standard InChI is InChI=1S/C20H30N2O4S/c1-19(2)14-9-10-20(19,3)17(12-14)21-18(23)13-7-8-15(26-6)16(11-13)27(24,25)22(4)5/h7-8,11,14,17H,9-10,12H2,1-6H3,(H,21,23)/t14-,17-,20+/m0/s1. The van der Waals surface area contributed by atoms with Crippen LogP contribution in [0.2, 0.25) is 0 Å². The Hall–Kier alpha value is -1.60. The fraction of sp³-hybridized carbons (Fsp3) is 0.650. The Kier molecular flexibility index (Phi) is 4.84. The van der Waals surface area contributed by atoms with Crippen molar-refractivity contribution in [1.82, 2.24) is 9.62 Å². The van der Waals surface area contributed by atoms with Crippen LogP contribution in [-0.2, 0) is 10.0 Å².